The first-order chi connectivity index (χ1) is 8.95. The lowest BCUT2D eigenvalue weighted by molar-refractivity contribution is 0.0841. The molecule has 0 amide bonds. The van der Waals surface area contributed by atoms with Gasteiger partial charge in [-0.3, -0.25) is 0 Å². The van der Waals surface area contributed by atoms with Gasteiger partial charge in [0.05, 0.1) is 12.9 Å². The lowest BCUT2D eigenvalue weighted by Gasteiger charge is -2.33. The van der Waals surface area contributed by atoms with Crippen LogP contribution in [0.25, 0.3) is 0 Å². The summed E-state index contributed by atoms with van der Waals surface area (Å²) in [7, 11) is 1.65. The van der Waals surface area contributed by atoms with Crippen molar-refractivity contribution in [1.29, 1.82) is 0 Å². The van der Waals surface area contributed by atoms with E-state index in [9.17, 15) is 0 Å². The quantitative estimate of drug-likeness (QED) is 0.767. The van der Waals surface area contributed by atoms with Crippen LogP contribution >= 0.6 is 0 Å². The Balaban J connectivity index is 2.37. The van der Waals surface area contributed by atoms with Crippen LogP contribution < -0.4 is 14.2 Å². The van der Waals surface area contributed by atoms with E-state index < -0.39 is 0 Å². The second-order valence-electron chi connectivity index (χ2n) is 5.47. The third-order valence-electron chi connectivity index (χ3n) is 3.41. The largest absolute Gasteiger partial charge is 0.493 e. The topological polar surface area (TPSA) is 27.7 Å². The van der Waals surface area contributed by atoms with Crippen molar-refractivity contribution in [2.45, 2.75) is 46.1 Å². The molecule has 1 aromatic carbocycles. The number of ether oxygens (including phenoxy) is 3. The molecule has 1 heterocycles. The maximum atomic E-state index is 6.00. The molecule has 0 aromatic heterocycles. The minimum absolute atomic E-state index is 0.111. The molecule has 0 radical (unpaired) electrons. The molecule has 0 N–H and O–H groups in total. The van der Waals surface area contributed by atoms with Crippen LogP contribution in [0.2, 0.25) is 0 Å². The van der Waals surface area contributed by atoms with Gasteiger partial charge in [-0.2, -0.15) is 0 Å². The molecule has 2 rings (SSSR count). The van der Waals surface area contributed by atoms with E-state index in [1.807, 2.05) is 32.1 Å². The highest BCUT2D eigenvalue weighted by molar-refractivity contribution is 5.52. The molecule has 0 atom stereocenters. The summed E-state index contributed by atoms with van der Waals surface area (Å²) in [6, 6.07) is 3.95. The molecule has 0 aliphatic carbocycles. The van der Waals surface area contributed by atoms with E-state index in [1.54, 1.807) is 7.11 Å². The maximum Gasteiger partial charge on any atom is 0.169 e. The van der Waals surface area contributed by atoms with Gasteiger partial charge in [0.15, 0.2) is 11.5 Å². The maximum absolute atomic E-state index is 6.00. The summed E-state index contributed by atoms with van der Waals surface area (Å²) in [5.41, 5.74) is 1.07. The molecule has 1 aliphatic rings. The van der Waals surface area contributed by atoms with Gasteiger partial charge in [-0.15, -0.1) is 0 Å². The molecule has 3 nitrogen and oxygen atoms in total. The lowest BCUT2D eigenvalue weighted by Crippen LogP contribution is -2.32. The Kier molecular flexibility index (Phi) is 3.74. The predicted octanol–water partition coefficient (Wildman–Crippen LogP) is 4.10. The van der Waals surface area contributed by atoms with Crippen molar-refractivity contribution in [1.82, 2.24) is 0 Å². The minimum atomic E-state index is -0.111. The van der Waals surface area contributed by atoms with Crippen LogP contribution in [-0.4, -0.2) is 12.7 Å². The van der Waals surface area contributed by atoms with Gasteiger partial charge in [0.2, 0.25) is 0 Å². The third kappa shape index (κ3) is 3.03. The number of allylic oxidation sites excluding steroid dienone is 2. The van der Waals surface area contributed by atoms with Gasteiger partial charge in [0.25, 0.3) is 0 Å². The fourth-order valence-electron chi connectivity index (χ4n) is 2.13. The average molecular weight is 262 g/mol. The van der Waals surface area contributed by atoms with E-state index in [0.717, 1.165) is 30.1 Å². The second kappa shape index (κ2) is 5.16. The van der Waals surface area contributed by atoms with Gasteiger partial charge in [-0.25, -0.2) is 0 Å². The van der Waals surface area contributed by atoms with Gasteiger partial charge in [-0.05, 0) is 58.2 Å². The molecule has 104 valence electrons. The van der Waals surface area contributed by atoms with Gasteiger partial charge >= 0.3 is 0 Å². The van der Waals surface area contributed by atoms with Crippen molar-refractivity contribution < 1.29 is 14.2 Å². The van der Waals surface area contributed by atoms with Gasteiger partial charge < -0.3 is 14.2 Å². The smallest absolute Gasteiger partial charge is 0.169 e. The molecular formula is C16H22O3. The Morgan fingerprint density at radius 3 is 2.68 bits per heavy atom. The highest BCUT2D eigenvalue weighted by atomic mass is 16.5. The zero-order valence-electron chi connectivity index (χ0n) is 12.4. The Labute approximate surface area is 115 Å². The SMILES string of the molecule is C/C=C(\C)Oc1cc2c(cc1OC)OC(C)(C)CC2. The number of hydrogen-bond donors (Lipinski definition) is 0. The van der Waals surface area contributed by atoms with Crippen LogP contribution in [0, 0.1) is 0 Å². The molecular weight excluding hydrogens is 240 g/mol. The molecule has 0 bridgehead atoms. The van der Waals surface area contributed by atoms with Crippen molar-refractivity contribution >= 4 is 0 Å². The summed E-state index contributed by atoms with van der Waals surface area (Å²) in [4.78, 5) is 0. The summed E-state index contributed by atoms with van der Waals surface area (Å²) in [5.74, 6) is 3.21. The summed E-state index contributed by atoms with van der Waals surface area (Å²) >= 11 is 0. The third-order valence-corrected chi connectivity index (χ3v) is 3.41. The molecule has 0 saturated heterocycles. The normalized spacial score (nSPS) is 17.4. The van der Waals surface area contributed by atoms with Gasteiger partial charge in [-0.1, -0.05) is 0 Å². The fourth-order valence-corrected chi connectivity index (χ4v) is 2.13. The molecule has 0 spiro atoms. The summed E-state index contributed by atoms with van der Waals surface area (Å²) in [6.45, 7) is 8.10. The van der Waals surface area contributed by atoms with E-state index in [1.165, 1.54) is 5.56 Å². The average Bonchev–Trinajstić information content (AvgIpc) is 2.37. The molecule has 0 saturated carbocycles. The Morgan fingerprint density at radius 1 is 1.32 bits per heavy atom. The number of benzene rings is 1. The van der Waals surface area contributed by atoms with Crippen LogP contribution in [0.4, 0.5) is 0 Å². The van der Waals surface area contributed by atoms with Crippen LogP contribution in [0.3, 0.4) is 0 Å². The van der Waals surface area contributed by atoms with E-state index in [0.29, 0.717) is 5.75 Å². The van der Waals surface area contributed by atoms with Crippen LogP contribution in [0.1, 0.15) is 39.7 Å². The zero-order valence-corrected chi connectivity index (χ0v) is 12.4. The molecule has 1 aromatic rings. The number of fused-ring (bicyclic) bond motifs is 1. The summed E-state index contributed by atoms with van der Waals surface area (Å²) < 4.78 is 17.2. The van der Waals surface area contributed by atoms with Crippen molar-refractivity contribution in [3.8, 4) is 17.2 Å². The molecule has 1 aliphatic heterocycles. The summed E-state index contributed by atoms with van der Waals surface area (Å²) in [6.07, 6.45) is 3.93. The summed E-state index contributed by atoms with van der Waals surface area (Å²) in [5, 5.41) is 0. The minimum Gasteiger partial charge on any atom is -0.493 e. The van der Waals surface area contributed by atoms with Gasteiger partial charge in [0.1, 0.15) is 11.4 Å². The first-order valence-corrected chi connectivity index (χ1v) is 6.66. The van der Waals surface area contributed by atoms with Crippen molar-refractivity contribution in [2.75, 3.05) is 7.11 Å². The van der Waals surface area contributed by atoms with Crippen LogP contribution in [0.15, 0.2) is 24.0 Å². The van der Waals surface area contributed by atoms with Crippen LogP contribution in [-0.2, 0) is 6.42 Å². The molecule has 0 unspecified atom stereocenters. The Hall–Kier alpha value is -1.64. The Morgan fingerprint density at radius 2 is 2.05 bits per heavy atom. The highest BCUT2D eigenvalue weighted by Gasteiger charge is 2.28. The zero-order chi connectivity index (χ0) is 14.0. The first-order valence-electron chi connectivity index (χ1n) is 6.66. The number of aryl methyl sites for hydroxylation is 1. The van der Waals surface area contributed by atoms with E-state index in [-0.39, 0.29) is 5.60 Å². The molecule has 3 heteroatoms. The van der Waals surface area contributed by atoms with Gasteiger partial charge in [0, 0.05) is 6.07 Å². The van der Waals surface area contributed by atoms with E-state index in [2.05, 4.69) is 13.8 Å². The van der Waals surface area contributed by atoms with Crippen molar-refractivity contribution in [2.24, 2.45) is 0 Å². The van der Waals surface area contributed by atoms with E-state index >= 15 is 0 Å². The van der Waals surface area contributed by atoms with E-state index in [4.69, 9.17) is 14.2 Å². The predicted molar refractivity (Wildman–Crippen MR) is 76.1 cm³/mol. The standard InChI is InChI=1S/C16H22O3/c1-6-11(2)18-15-9-12-7-8-16(3,4)19-13(12)10-14(15)17-5/h6,9-10H,7-8H2,1-5H3/b11-6+. The second-order valence-corrected chi connectivity index (χ2v) is 5.47. The molecule has 0 fully saturated rings. The van der Waals surface area contributed by atoms with Crippen molar-refractivity contribution in [3.63, 3.8) is 0 Å². The first kappa shape index (κ1) is 13.8. The monoisotopic (exact) mass is 262 g/mol. The van der Waals surface area contributed by atoms with Crippen molar-refractivity contribution in [3.05, 3.63) is 29.5 Å². The highest BCUT2D eigenvalue weighted by Crippen LogP contribution is 2.41. The lowest BCUT2D eigenvalue weighted by atomic mass is 9.94. The number of methoxy groups -OCH3 is 1. The number of hydrogen-bond acceptors (Lipinski definition) is 3. The van der Waals surface area contributed by atoms with Crippen LogP contribution in [0.5, 0.6) is 17.2 Å². The molecule has 19 heavy (non-hydrogen) atoms. The fraction of sp³-hybridized carbons (Fsp3) is 0.500. The number of rotatable bonds is 3. The Bertz CT molecular complexity index is 501.